The first-order valence-corrected chi connectivity index (χ1v) is 6.18. The molecule has 2 aromatic heterocycles. The summed E-state index contributed by atoms with van der Waals surface area (Å²) in [6.45, 7) is 0.466. The van der Waals surface area contributed by atoms with Gasteiger partial charge in [0.25, 0.3) is 5.69 Å². The van der Waals surface area contributed by atoms with Gasteiger partial charge < -0.3 is 9.55 Å². The molecule has 0 aliphatic carbocycles. The molecule has 7 nitrogen and oxygen atoms in total. The third-order valence-electron chi connectivity index (χ3n) is 2.90. The van der Waals surface area contributed by atoms with Crippen LogP contribution >= 0.6 is 12.2 Å². The zero-order chi connectivity index (χ0) is 14.1. The van der Waals surface area contributed by atoms with Crippen molar-refractivity contribution >= 4 is 29.1 Å². The molecule has 3 rings (SSSR count). The molecule has 0 aliphatic rings. The van der Waals surface area contributed by atoms with E-state index in [0.29, 0.717) is 16.7 Å². The van der Waals surface area contributed by atoms with E-state index >= 15 is 0 Å². The van der Waals surface area contributed by atoms with Crippen LogP contribution in [0, 0.1) is 14.8 Å². The van der Waals surface area contributed by atoms with Crippen LogP contribution in [0.1, 0.15) is 5.56 Å². The molecule has 0 fully saturated rings. The minimum Gasteiger partial charge on any atom is -0.330 e. The van der Waals surface area contributed by atoms with Gasteiger partial charge in [0, 0.05) is 12.1 Å². The molecular weight excluding hydrogens is 278 g/mol. The minimum absolute atomic E-state index is 0.0709. The Labute approximate surface area is 118 Å². The second-order valence-electron chi connectivity index (χ2n) is 4.20. The van der Waals surface area contributed by atoms with E-state index in [1.165, 1.54) is 12.4 Å². The molecule has 0 saturated heterocycles. The highest BCUT2D eigenvalue weighted by atomic mass is 32.1. The molecule has 0 saturated carbocycles. The molecule has 0 bridgehead atoms. The number of hydrogen-bond acceptors (Lipinski definition) is 5. The van der Waals surface area contributed by atoms with Crippen molar-refractivity contribution in [1.82, 2.24) is 19.5 Å². The normalized spacial score (nSPS) is 10.8. The molecule has 0 atom stereocenters. The molecule has 0 radical (unpaired) electrons. The highest BCUT2D eigenvalue weighted by Gasteiger charge is 2.08. The average Bonchev–Trinajstić information content (AvgIpc) is 2.84. The van der Waals surface area contributed by atoms with Gasteiger partial charge in [-0.3, -0.25) is 10.1 Å². The molecule has 0 unspecified atom stereocenters. The molecule has 2 heterocycles. The van der Waals surface area contributed by atoms with E-state index in [-0.39, 0.29) is 5.69 Å². The van der Waals surface area contributed by atoms with Crippen molar-refractivity contribution in [3.63, 3.8) is 0 Å². The Hall–Kier alpha value is -2.61. The lowest BCUT2D eigenvalue weighted by molar-refractivity contribution is -0.384. The Bertz CT molecular complexity index is 854. The number of nitro benzene ring substituents is 1. The summed E-state index contributed by atoms with van der Waals surface area (Å²) in [7, 11) is 0. The first-order valence-electron chi connectivity index (χ1n) is 5.77. The number of nitrogens with zero attached hydrogens (tertiary/aromatic N) is 4. The Kier molecular flexibility index (Phi) is 2.99. The van der Waals surface area contributed by atoms with E-state index in [9.17, 15) is 10.1 Å². The van der Waals surface area contributed by atoms with Crippen LogP contribution in [0.5, 0.6) is 0 Å². The van der Waals surface area contributed by atoms with Crippen LogP contribution in [0.4, 0.5) is 5.69 Å². The highest BCUT2D eigenvalue weighted by Crippen LogP contribution is 2.16. The summed E-state index contributed by atoms with van der Waals surface area (Å²) in [5, 5.41) is 10.8. The molecule has 0 spiro atoms. The number of nitro groups is 1. The van der Waals surface area contributed by atoms with Crippen molar-refractivity contribution in [3.8, 4) is 0 Å². The number of hydrogen-bond donors (Lipinski definition) is 1. The summed E-state index contributed by atoms with van der Waals surface area (Å²) in [4.78, 5) is 21.5. The van der Waals surface area contributed by atoms with E-state index < -0.39 is 4.92 Å². The van der Waals surface area contributed by atoms with Crippen LogP contribution < -0.4 is 0 Å². The van der Waals surface area contributed by atoms with Gasteiger partial charge in [-0.2, -0.15) is 0 Å². The number of fused-ring (bicyclic) bond motifs is 1. The van der Waals surface area contributed by atoms with Crippen LogP contribution in [-0.4, -0.2) is 24.4 Å². The zero-order valence-corrected chi connectivity index (χ0v) is 11.0. The lowest BCUT2D eigenvalue weighted by atomic mass is 10.2. The lowest BCUT2D eigenvalue weighted by Gasteiger charge is -2.04. The minimum atomic E-state index is -0.410. The molecular formula is C12H9N5O2S. The number of imidazole rings is 1. The Morgan fingerprint density at radius 1 is 1.40 bits per heavy atom. The summed E-state index contributed by atoms with van der Waals surface area (Å²) >= 11 is 5.09. The van der Waals surface area contributed by atoms with Gasteiger partial charge in [-0.15, -0.1) is 0 Å². The summed E-state index contributed by atoms with van der Waals surface area (Å²) in [5.74, 6) is 0. The van der Waals surface area contributed by atoms with Crippen molar-refractivity contribution in [2.45, 2.75) is 6.54 Å². The molecule has 0 amide bonds. The summed E-state index contributed by atoms with van der Waals surface area (Å²) < 4.78 is 2.27. The van der Waals surface area contributed by atoms with Crippen molar-refractivity contribution in [1.29, 1.82) is 0 Å². The third kappa shape index (κ3) is 2.16. The highest BCUT2D eigenvalue weighted by molar-refractivity contribution is 7.71. The first-order chi connectivity index (χ1) is 9.65. The Balaban J connectivity index is 2.01. The lowest BCUT2D eigenvalue weighted by Crippen LogP contribution is -2.00. The van der Waals surface area contributed by atoms with Gasteiger partial charge in [0.05, 0.1) is 24.1 Å². The first kappa shape index (κ1) is 12.4. The Morgan fingerprint density at radius 2 is 2.25 bits per heavy atom. The third-order valence-corrected chi connectivity index (χ3v) is 3.20. The summed E-state index contributed by atoms with van der Waals surface area (Å²) in [6.07, 6.45) is 3.15. The van der Waals surface area contributed by atoms with Crippen molar-refractivity contribution in [3.05, 3.63) is 57.2 Å². The van der Waals surface area contributed by atoms with Crippen molar-refractivity contribution < 1.29 is 4.92 Å². The fourth-order valence-electron chi connectivity index (χ4n) is 1.99. The molecule has 0 aliphatic heterocycles. The zero-order valence-electron chi connectivity index (χ0n) is 10.2. The van der Waals surface area contributed by atoms with Gasteiger partial charge in [0.1, 0.15) is 11.2 Å². The number of rotatable bonds is 3. The molecule has 20 heavy (non-hydrogen) atoms. The van der Waals surface area contributed by atoms with Crippen LogP contribution in [0.15, 0.2) is 36.9 Å². The largest absolute Gasteiger partial charge is 0.330 e. The number of H-pyrrole nitrogens is 1. The SMILES string of the molecule is O=[N+]([O-])c1cccc(Cn2cnc3c(=S)nc[nH]c32)c1. The number of aromatic nitrogens is 4. The maximum atomic E-state index is 10.8. The van der Waals surface area contributed by atoms with E-state index in [0.717, 1.165) is 11.2 Å². The van der Waals surface area contributed by atoms with Crippen LogP contribution in [-0.2, 0) is 6.54 Å². The standard InChI is InChI=1S/C12H9N5O2S/c18-17(19)9-3-1-2-8(4-9)5-16-7-15-10-11(16)13-6-14-12(10)20/h1-4,6-7H,5H2,(H,13,14,20). The van der Waals surface area contributed by atoms with Crippen LogP contribution in [0.3, 0.4) is 0 Å². The monoisotopic (exact) mass is 287 g/mol. The van der Waals surface area contributed by atoms with Crippen molar-refractivity contribution in [2.75, 3.05) is 0 Å². The van der Waals surface area contributed by atoms with E-state index in [2.05, 4.69) is 15.0 Å². The fourth-order valence-corrected chi connectivity index (χ4v) is 2.19. The maximum absolute atomic E-state index is 10.8. The van der Waals surface area contributed by atoms with Crippen molar-refractivity contribution in [2.24, 2.45) is 0 Å². The van der Waals surface area contributed by atoms with Crippen LogP contribution in [0.25, 0.3) is 11.2 Å². The molecule has 8 heteroatoms. The second-order valence-corrected chi connectivity index (χ2v) is 4.59. The smallest absolute Gasteiger partial charge is 0.269 e. The van der Waals surface area contributed by atoms with E-state index in [1.807, 2.05) is 10.6 Å². The van der Waals surface area contributed by atoms with Gasteiger partial charge in [-0.05, 0) is 5.56 Å². The van der Waals surface area contributed by atoms with Crippen LogP contribution in [0.2, 0.25) is 0 Å². The van der Waals surface area contributed by atoms with Gasteiger partial charge in [0.15, 0.2) is 4.64 Å². The predicted octanol–water partition coefficient (Wildman–Crippen LogP) is 2.45. The van der Waals surface area contributed by atoms with Gasteiger partial charge in [-0.1, -0.05) is 24.4 Å². The molecule has 1 N–H and O–H groups in total. The number of nitrogens with one attached hydrogen (secondary N) is 1. The number of non-ortho nitro benzene ring substituents is 1. The van der Waals surface area contributed by atoms with Gasteiger partial charge >= 0.3 is 0 Å². The molecule has 3 aromatic rings. The maximum Gasteiger partial charge on any atom is 0.269 e. The summed E-state index contributed by atoms with van der Waals surface area (Å²) in [6, 6.07) is 6.50. The van der Waals surface area contributed by atoms with E-state index in [1.54, 1.807) is 18.5 Å². The predicted molar refractivity (Wildman–Crippen MR) is 74.9 cm³/mol. The number of benzene rings is 1. The van der Waals surface area contributed by atoms with Gasteiger partial charge in [-0.25, -0.2) is 9.97 Å². The quantitative estimate of drug-likeness (QED) is 0.454. The number of aromatic amines is 1. The molecule has 1 aromatic carbocycles. The fraction of sp³-hybridized carbons (Fsp3) is 0.0833. The molecule has 100 valence electrons. The average molecular weight is 287 g/mol. The van der Waals surface area contributed by atoms with Gasteiger partial charge in [0.2, 0.25) is 0 Å². The topological polar surface area (TPSA) is 89.6 Å². The van der Waals surface area contributed by atoms with E-state index in [4.69, 9.17) is 12.2 Å². The Morgan fingerprint density at radius 3 is 3.05 bits per heavy atom. The second kappa shape index (κ2) is 4.82. The summed E-state index contributed by atoms with van der Waals surface area (Å²) in [5.41, 5.74) is 2.25.